The number of esters is 1. The van der Waals surface area contributed by atoms with Crippen molar-refractivity contribution in [3.63, 3.8) is 0 Å². The van der Waals surface area contributed by atoms with Crippen molar-refractivity contribution < 1.29 is 23.9 Å². The van der Waals surface area contributed by atoms with Crippen molar-refractivity contribution in [2.24, 2.45) is 0 Å². The SMILES string of the molecule is COc1ccc(NC(=O)[C@@H](C)OC(=O)c2ccc3c(c2)NC(=O)[C@H]2CCCN32)cc1. The van der Waals surface area contributed by atoms with Crippen LogP contribution in [0.15, 0.2) is 42.5 Å². The molecule has 2 N–H and O–H groups in total. The Kier molecular flexibility index (Phi) is 5.31. The second-order valence-electron chi connectivity index (χ2n) is 7.34. The van der Waals surface area contributed by atoms with Crippen LogP contribution in [0.1, 0.15) is 30.1 Å². The summed E-state index contributed by atoms with van der Waals surface area (Å²) >= 11 is 0. The van der Waals surface area contributed by atoms with Gasteiger partial charge in [-0.2, -0.15) is 0 Å². The Hall–Kier alpha value is -3.55. The predicted octanol–water partition coefficient (Wildman–Crippen LogP) is 2.80. The fourth-order valence-corrected chi connectivity index (χ4v) is 3.76. The Labute approximate surface area is 174 Å². The largest absolute Gasteiger partial charge is 0.497 e. The Bertz CT molecular complexity index is 989. The molecule has 8 heteroatoms. The van der Waals surface area contributed by atoms with Crippen LogP contribution in [-0.4, -0.2) is 43.6 Å². The summed E-state index contributed by atoms with van der Waals surface area (Å²) in [4.78, 5) is 39.2. The number of carbonyl (C=O) groups excluding carboxylic acids is 3. The van der Waals surface area contributed by atoms with E-state index in [-0.39, 0.29) is 17.5 Å². The van der Waals surface area contributed by atoms with Gasteiger partial charge in [-0.3, -0.25) is 9.59 Å². The van der Waals surface area contributed by atoms with Crippen molar-refractivity contribution in [3.8, 4) is 5.75 Å². The van der Waals surface area contributed by atoms with E-state index in [1.807, 2.05) is 6.07 Å². The van der Waals surface area contributed by atoms with Crippen molar-refractivity contribution in [2.75, 3.05) is 29.2 Å². The molecule has 156 valence electrons. The lowest BCUT2D eigenvalue weighted by atomic mass is 10.1. The Morgan fingerprint density at radius 3 is 2.70 bits per heavy atom. The molecule has 2 atom stereocenters. The van der Waals surface area contributed by atoms with Gasteiger partial charge >= 0.3 is 5.97 Å². The fourth-order valence-electron chi connectivity index (χ4n) is 3.76. The van der Waals surface area contributed by atoms with Gasteiger partial charge in [0.1, 0.15) is 11.8 Å². The summed E-state index contributed by atoms with van der Waals surface area (Å²) in [5.74, 6) is -0.461. The number of hydrogen-bond donors (Lipinski definition) is 2. The number of methoxy groups -OCH3 is 1. The van der Waals surface area contributed by atoms with Crippen LogP contribution in [0.2, 0.25) is 0 Å². The van der Waals surface area contributed by atoms with Crippen LogP contribution in [0.4, 0.5) is 17.1 Å². The molecule has 1 fully saturated rings. The molecule has 2 aromatic rings. The van der Waals surface area contributed by atoms with Crippen molar-refractivity contribution >= 4 is 34.8 Å². The number of amides is 2. The van der Waals surface area contributed by atoms with Gasteiger partial charge in [0.05, 0.1) is 24.0 Å². The highest BCUT2D eigenvalue weighted by Crippen LogP contribution is 2.37. The zero-order valence-corrected chi connectivity index (χ0v) is 16.8. The molecular weight excluding hydrogens is 386 g/mol. The highest BCUT2D eigenvalue weighted by Gasteiger charge is 2.36. The van der Waals surface area contributed by atoms with E-state index < -0.39 is 18.0 Å². The number of anilines is 3. The average molecular weight is 409 g/mol. The van der Waals surface area contributed by atoms with Crippen LogP contribution in [0.5, 0.6) is 5.75 Å². The minimum atomic E-state index is -0.992. The number of nitrogens with zero attached hydrogens (tertiary/aromatic N) is 1. The maximum absolute atomic E-state index is 12.5. The van der Waals surface area contributed by atoms with Crippen molar-refractivity contribution in [2.45, 2.75) is 31.9 Å². The summed E-state index contributed by atoms with van der Waals surface area (Å²) in [6.45, 7) is 2.32. The van der Waals surface area contributed by atoms with Crippen LogP contribution in [0.3, 0.4) is 0 Å². The van der Waals surface area contributed by atoms with E-state index in [4.69, 9.17) is 9.47 Å². The summed E-state index contributed by atoms with van der Waals surface area (Å²) in [5, 5.41) is 5.56. The van der Waals surface area contributed by atoms with Crippen molar-refractivity contribution in [3.05, 3.63) is 48.0 Å². The second kappa shape index (κ2) is 8.06. The lowest BCUT2D eigenvalue weighted by molar-refractivity contribution is -0.123. The number of benzene rings is 2. The monoisotopic (exact) mass is 409 g/mol. The third-order valence-corrected chi connectivity index (χ3v) is 5.37. The lowest BCUT2D eigenvalue weighted by Crippen LogP contribution is -2.43. The smallest absolute Gasteiger partial charge is 0.338 e. The van der Waals surface area contributed by atoms with E-state index in [0.717, 1.165) is 25.1 Å². The van der Waals surface area contributed by atoms with E-state index >= 15 is 0 Å². The van der Waals surface area contributed by atoms with Gasteiger partial charge in [-0.1, -0.05) is 0 Å². The quantitative estimate of drug-likeness (QED) is 0.737. The molecular formula is C22H23N3O5. The van der Waals surface area contributed by atoms with Crippen LogP contribution in [0.25, 0.3) is 0 Å². The number of fused-ring (bicyclic) bond motifs is 3. The third kappa shape index (κ3) is 3.80. The van der Waals surface area contributed by atoms with Gasteiger partial charge in [-0.25, -0.2) is 4.79 Å². The zero-order chi connectivity index (χ0) is 21.3. The molecule has 4 rings (SSSR count). The molecule has 2 aliphatic rings. The van der Waals surface area contributed by atoms with Crippen LogP contribution >= 0.6 is 0 Å². The highest BCUT2D eigenvalue weighted by molar-refractivity contribution is 6.05. The molecule has 8 nitrogen and oxygen atoms in total. The normalized spacial score (nSPS) is 18.0. The first-order valence-corrected chi connectivity index (χ1v) is 9.83. The van der Waals surface area contributed by atoms with Crippen LogP contribution in [-0.2, 0) is 14.3 Å². The zero-order valence-electron chi connectivity index (χ0n) is 16.8. The molecule has 0 spiro atoms. The van der Waals surface area contributed by atoms with E-state index in [9.17, 15) is 14.4 Å². The highest BCUT2D eigenvalue weighted by atomic mass is 16.5. The minimum Gasteiger partial charge on any atom is -0.497 e. The summed E-state index contributed by atoms with van der Waals surface area (Å²) < 4.78 is 10.4. The van der Waals surface area contributed by atoms with Crippen molar-refractivity contribution in [1.82, 2.24) is 0 Å². The molecule has 0 saturated carbocycles. The minimum absolute atomic E-state index is 0.0576. The fraction of sp³-hybridized carbons (Fsp3) is 0.318. The first-order chi connectivity index (χ1) is 14.5. The summed E-state index contributed by atoms with van der Waals surface area (Å²) in [6.07, 6.45) is 0.797. The van der Waals surface area contributed by atoms with E-state index in [1.165, 1.54) is 6.92 Å². The first-order valence-electron chi connectivity index (χ1n) is 9.83. The van der Waals surface area contributed by atoms with Gasteiger partial charge in [0.2, 0.25) is 5.91 Å². The van der Waals surface area contributed by atoms with Crippen LogP contribution < -0.4 is 20.3 Å². The van der Waals surface area contributed by atoms with Gasteiger partial charge in [0, 0.05) is 12.2 Å². The van der Waals surface area contributed by atoms with Crippen LogP contribution in [0, 0.1) is 0 Å². The summed E-state index contributed by atoms with van der Waals surface area (Å²) in [7, 11) is 1.56. The molecule has 0 bridgehead atoms. The molecule has 0 aromatic heterocycles. The molecule has 2 amide bonds. The van der Waals surface area contributed by atoms with Gasteiger partial charge in [0.25, 0.3) is 5.91 Å². The number of carbonyl (C=O) groups is 3. The molecule has 0 unspecified atom stereocenters. The second-order valence-corrected chi connectivity index (χ2v) is 7.34. The lowest BCUT2D eigenvalue weighted by Gasteiger charge is -2.33. The van der Waals surface area contributed by atoms with Gasteiger partial charge < -0.3 is 25.0 Å². The molecule has 0 aliphatic carbocycles. The summed E-state index contributed by atoms with van der Waals surface area (Å²) in [6, 6.07) is 11.8. The molecule has 2 heterocycles. The maximum Gasteiger partial charge on any atom is 0.338 e. The number of ether oxygens (including phenoxy) is 2. The molecule has 0 radical (unpaired) electrons. The summed E-state index contributed by atoms with van der Waals surface area (Å²) in [5.41, 5.74) is 2.33. The third-order valence-electron chi connectivity index (χ3n) is 5.37. The Morgan fingerprint density at radius 1 is 1.20 bits per heavy atom. The topological polar surface area (TPSA) is 97.0 Å². The van der Waals surface area contributed by atoms with Gasteiger partial charge in [-0.05, 0) is 62.2 Å². The molecule has 2 aliphatic heterocycles. The molecule has 1 saturated heterocycles. The average Bonchev–Trinajstić information content (AvgIpc) is 3.24. The molecule has 2 aromatic carbocycles. The number of nitrogens with one attached hydrogen (secondary N) is 2. The van der Waals surface area contributed by atoms with E-state index in [1.54, 1.807) is 43.5 Å². The Morgan fingerprint density at radius 2 is 1.97 bits per heavy atom. The van der Waals surface area contributed by atoms with Gasteiger partial charge in [0.15, 0.2) is 6.10 Å². The number of hydrogen-bond acceptors (Lipinski definition) is 6. The number of rotatable bonds is 5. The van der Waals surface area contributed by atoms with E-state index in [0.29, 0.717) is 17.1 Å². The Balaban J connectivity index is 1.41. The van der Waals surface area contributed by atoms with E-state index in [2.05, 4.69) is 15.5 Å². The van der Waals surface area contributed by atoms with Gasteiger partial charge in [-0.15, -0.1) is 0 Å². The first kappa shape index (κ1) is 19.8. The maximum atomic E-state index is 12.5. The predicted molar refractivity (Wildman–Crippen MR) is 112 cm³/mol. The van der Waals surface area contributed by atoms with Crippen molar-refractivity contribution in [1.29, 1.82) is 0 Å². The molecule has 30 heavy (non-hydrogen) atoms. The standard InChI is InChI=1S/C22H23N3O5/c1-13(20(26)23-15-6-8-16(29-2)9-7-15)30-22(28)14-5-10-18-17(12-14)24-21(27)19-4-3-11-25(18)19/h5-10,12-13,19H,3-4,11H2,1-2H3,(H,23,26)(H,24,27)/t13-,19-/m1/s1.